The summed E-state index contributed by atoms with van der Waals surface area (Å²) in [7, 11) is 2.81. The van der Waals surface area contributed by atoms with Crippen LogP contribution in [0.25, 0.3) is 0 Å². The quantitative estimate of drug-likeness (QED) is 0.684. The Bertz CT molecular complexity index is 357. The van der Waals surface area contributed by atoms with Crippen molar-refractivity contribution in [3.8, 4) is 29.6 Å². The lowest BCUT2D eigenvalue weighted by Crippen LogP contribution is -1.95. The van der Waals surface area contributed by atoms with Crippen LogP contribution in [0.2, 0.25) is 0 Å². The molecule has 0 amide bonds. The van der Waals surface area contributed by atoms with E-state index in [1.165, 1.54) is 14.2 Å². The van der Waals surface area contributed by atoms with E-state index in [2.05, 4.69) is 5.92 Å². The minimum atomic E-state index is -0.206. The first-order chi connectivity index (χ1) is 7.26. The summed E-state index contributed by atoms with van der Waals surface area (Å²) in [6, 6.07) is 3.32. The number of terminal acetylenes is 1. The Balaban J connectivity index is 3.27. The maximum absolute atomic E-state index is 7.01. The summed E-state index contributed by atoms with van der Waals surface area (Å²) < 4.78 is 22.3. The SMILES string of the molecule is [2H]COc1c(OC)cc(C#C)cc1OC. The lowest BCUT2D eigenvalue weighted by Gasteiger charge is -2.12. The highest BCUT2D eigenvalue weighted by atomic mass is 16.5. The Hall–Kier alpha value is -1.82. The van der Waals surface area contributed by atoms with E-state index in [0.29, 0.717) is 22.8 Å². The molecular formula is C11H12O3. The van der Waals surface area contributed by atoms with Crippen LogP contribution in [-0.2, 0) is 0 Å². The van der Waals surface area contributed by atoms with E-state index in [1.807, 2.05) is 0 Å². The molecule has 0 saturated heterocycles. The van der Waals surface area contributed by atoms with Crippen molar-refractivity contribution < 1.29 is 15.6 Å². The van der Waals surface area contributed by atoms with Gasteiger partial charge >= 0.3 is 0 Å². The molecule has 0 aromatic heterocycles. The molecule has 0 aliphatic carbocycles. The highest BCUT2D eigenvalue weighted by Crippen LogP contribution is 2.37. The van der Waals surface area contributed by atoms with Gasteiger partial charge in [-0.15, -0.1) is 6.42 Å². The summed E-state index contributed by atoms with van der Waals surface area (Å²) in [5.74, 6) is 3.81. The van der Waals surface area contributed by atoms with Gasteiger partial charge in [0.25, 0.3) is 0 Å². The summed E-state index contributed by atoms with van der Waals surface area (Å²) in [5.41, 5.74) is 0.640. The normalized spacial score (nSPS) is 9.93. The van der Waals surface area contributed by atoms with Crippen molar-refractivity contribution in [2.75, 3.05) is 21.3 Å². The van der Waals surface area contributed by atoms with Crippen LogP contribution in [0.4, 0.5) is 0 Å². The maximum atomic E-state index is 7.01. The monoisotopic (exact) mass is 193 g/mol. The molecule has 0 heterocycles. The summed E-state index contributed by atoms with van der Waals surface area (Å²) in [4.78, 5) is 0. The molecule has 1 rings (SSSR count). The Labute approximate surface area is 85.0 Å². The molecule has 74 valence electrons. The van der Waals surface area contributed by atoms with Gasteiger partial charge in [-0.25, -0.2) is 0 Å². The van der Waals surface area contributed by atoms with Crippen LogP contribution >= 0.6 is 0 Å². The van der Waals surface area contributed by atoms with Crippen LogP contribution in [0.1, 0.15) is 6.93 Å². The average Bonchev–Trinajstić information content (AvgIpc) is 2.29. The fourth-order valence-electron chi connectivity index (χ4n) is 1.11. The first-order valence-corrected chi connectivity index (χ1v) is 3.91. The van der Waals surface area contributed by atoms with Crippen molar-refractivity contribution in [1.29, 1.82) is 0 Å². The first-order valence-electron chi connectivity index (χ1n) is 4.62. The van der Waals surface area contributed by atoms with E-state index in [9.17, 15) is 0 Å². The molecule has 3 heteroatoms. The van der Waals surface area contributed by atoms with Gasteiger partial charge in [0.1, 0.15) is 0 Å². The van der Waals surface area contributed by atoms with Crippen molar-refractivity contribution in [2.24, 2.45) is 0 Å². The second kappa shape index (κ2) is 4.43. The van der Waals surface area contributed by atoms with Crippen LogP contribution < -0.4 is 14.2 Å². The van der Waals surface area contributed by atoms with Crippen molar-refractivity contribution in [3.63, 3.8) is 0 Å². The predicted molar refractivity (Wildman–Crippen MR) is 54.0 cm³/mol. The summed E-state index contributed by atoms with van der Waals surface area (Å²) in [6.07, 6.45) is 5.28. The molecule has 0 unspecified atom stereocenters. The molecule has 0 N–H and O–H groups in total. The lowest BCUT2D eigenvalue weighted by atomic mass is 10.2. The van der Waals surface area contributed by atoms with Crippen molar-refractivity contribution in [2.45, 2.75) is 0 Å². The lowest BCUT2D eigenvalue weighted by molar-refractivity contribution is 0.324. The van der Waals surface area contributed by atoms with Gasteiger partial charge in [-0.3, -0.25) is 0 Å². The van der Waals surface area contributed by atoms with E-state index in [4.69, 9.17) is 22.0 Å². The third-order valence-electron chi connectivity index (χ3n) is 1.77. The average molecular weight is 193 g/mol. The zero-order valence-corrected chi connectivity index (χ0v) is 8.16. The van der Waals surface area contributed by atoms with Gasteiger partial charge in [-0.05, 0) is 12.1 Å². The second-order valence-electron chi connectivity index (χ2n) is 2.50. The zero-order valence-electron chi connectivity index (χ0n) is 9.16. The molecule has 1 aromatic rings. The highest BCUT2D eigenvalue weighted by Gasteiger charge is 2.11. The molecule has 0 radical (unpaired) electrons. The minimum absolute atomic E-state index is 0.206. The zero-order chi connectivity index (χ0) is 11.3. The van der Waals surface area contributed by atoms with Gasteiger partial charge in [0, 0.05) is 5.56 Å². The molecule has 0 bridgehead atoms. The van der Waals surface area contributed by atoms with Crippen LogP contribution in [0.3, 0.4) is 0 Å². The van der Waals surface area contributed by atoms with E-state index >= 15 is 0 Å². The predicted octanol–water partition coefficient (Wildman–Crippen LogP) is 1.69. The smallest absolute Gasteiger partial charge is 0.203 e. The Kier molecular flexibility index (Phi) is 2.77. The molecule has 0 aliphatic rings. The number of ether oxygens (including phenoxy) is 3. The fourth-order valence-corrected chi connectivity index (χ4v) is 1.11. The van der Waals surface area contributed by atoms with Crippen LogP contribution in [0.15, 0.2) is 12.1 Å². The molecule has 0 atom stereocenters. The van der Waals surface area contributed by atoms with Crippen molar-refractivity contribution in [1.82, 2.24) is 0 Å². The Morgan fingerprint density at radius 2 is 1.79 bits per heavy atom. The molecule has 3 nitrogen and oxygen atoms in total. The Morgan fingerprint density at radius 1 is 1.21 bits per heavy atom. The van der Waals surface area contributed by atoms with Crippen molar-refractivity contribution in [3.05, 3.63) is 17.7 Å². The van der Waals surface area contributed by atoms with Crippen LogP contribution in [0, 0.1) is 12.3 Å². The van der Waals surface area contributed by atoms with Crippen LogP contribution in [-0.4, -0.2) is 21.3 Å². The van der Waals surface area contributed by atoms with Gasteiger partial charge in [-0.1, -0.05) is 5.92 Å². The topological polar surface area (TPSA) is 27.7 Å². The summed E-state index contributed by atoms with van der Waals surface area (Å²) >= 11 is 0. The molecular weight excluding hydrogens is 180 g/mol. The molecule has 14 heavy (non-hydrogen) atoms. The number of hydrogen-bond donors (Lipinski definition) is 0. The first kappa shape index (κ1) is 8.76. The van der Waals surface area contributed by atoms with Crippen LogP contribution in [0.5, 0.6) is 17.2 Å². The fraction of sp³-hybridized carbons (Fsp3) is 0.273. The van der Waals surface area contributed by atoms with Gasteiger partial charge in [0.2, 0.25) is 5.75 Å². The number of hydrogen-bond acceptors (Lipinski definition) is 3. The maximum Gasteiger partial charge on any atom is 0.203 e. The molecule has 0 aliphatic heterocycles. The van der Waals surface area contributed by atoms with E-state index in [-0.39, 0.29) is 7.09 Å². The molecule has 0 fully saturated rings. The largest absolute Gasteiger partial charge is 0.493 e. The standard InChI is InChI=1S/C11H12O3/c1-5-8-6-9(12-2)11(14-4)10(7-8)13-3/h1,6-7H,2-4H3/i4D. The highest BCUT2D eigenvalue weighted by molar-refractivity contribution is 5.56. The third kappa shape index (κ3) is 1.74. The second-order valence-corrected chi connectivity index (χ2v) is 2.50. The van der Waals surface area contributed by atoms with Gasteiger partial charge in [0.15, 0.2) is 11.5 Å². The Morgan fingerprint density at radius 3 is 2.14 bits per heavy atom. The summed E-state index contributed by atoms with van der Waals surface area (Å²) in [5, 5.41) is 0. The van der Waals surface area contributed by atoms with E-state index < -0.39 is 0 Å². The molecule has 1 aromatic carbocycles. The number of methoxy groups -OCH3 is 3. The minimum Gasteiger partial charge on any atom is -0.493 e. The van der Waals surface area contributed by atoms with E-state index in [1.54, 1.807) is 12.1 Å². The third-order valence-corrected chi connectivity index (χ3v) is 1.77. The van der Waals surface area contributed by atoms with Gasteiger partial charge in [-0.2, -0.15) is 0 Å². The molecule has 0 spiro atoms. The summed E-state index contributed by atoms with van der Waals surface area (Å²) in [6.45, 7) is 0. The van der Waals surface area contributed by atoms with E-state index in [0.717, 1.165) is 0 Å². The van der Waals surface area contributed by atoms with Crippen molar-refractivity contribution >= 4 is 0 Å². The van der Waals surface area contributed by atoms with Gasteiger partial charge in [0.05, 0.1) is 22.7 Å². The number of benzene rings is 1. The number of rotatable bonds is 3. The van der Waals surface area contributed by atoms with Gasteiger partial charge < -0.3 is 14.2 Å². The molecule has 0 saturated carbocycles.